The Balaban J connectivity index is 2.13. The molecule has 1 N–H and O–H groups in total. The Morgan fingerprint density at radius 1 is 1.45 bits per heavy atom. The number of hydrogen-bond acceptors (Lipinski definition) is 2. The summed E-state index contributed by atoms with van der Waals surface area (Å²) in [6, 6.07) is 4.00. The second-order valence-electron chi connectivity index (χ2n) is 5.04. The summed E-state index contributed by atoms with van der Waals surface area (Å²) in [5.41, 5.74) is 0.402. The van der Waals surface area contributed by atoms with Crippen LogP contribution in [0.1, 0.15) is 30.1 Å². The Bertz CT molecular complexity index is 549. The molecule has 20 heavy (non-hydrogen) atoms. The van der Waals surface area contributed by atoms with Gasteiger partial charge in [-0.05, 0) is 53.9 Å². The van der Waals surface area contributed by atoms with E-state index < -0.39 is 17.7 Å². The first-order chi connectivity index (χ1) is 9.40. The van der Waals surface area contributed by atoms with Gasteiger partial charge in [-0.2, -0.15) is 0 Å². The Morgan fingerprint density at radius 3 is 2.70 bits per heavy atom. The summed E-state index contributed by atoms with van der Waals surface area (Å²) in [5.74, 6) is -1.82. The standard InChI is InChI=1S/C14H15BrFNO3/c1-8-6-10(14(19)20)4-5-17(8)13(18)9-2-3-12(16)11(15)7-9/h2-3,7-8,10H,4-6H2,1H3,(H,19,20). The highest BCUT2D eigenvalue weighted by Gasteiger charge is 2.32. The van der Waals surface area contributed by atoms with Crippen molar-refractivity contribution in [3.8, 4) is 0 Å². The number of halogens is 2. The van der Waals surface area contributed by atoms with Gasteiger partial charge in [-0.15, -0.1) is 0 Å². The molecule has 0 saturated carbocycles. The summed E-state index contributed by atoms with van der Waals surface area (Å²) in [6.45, 7) is 2.25. The average Bonchev–Trinajstić information content (AvgIpc) is 2.41. The van der Waals surface area contributed by atoms with E-state index in [1.807, 2.05) is 6.92 Å². The molecule has 108 valence electrons. The normalized spacial score (nSPS) is 22.6. The molecule has 1 fully saturated rings. The quantitative estimate of drug-likeness (QED) is 0.898. The molecule has 1 saturated heterocycles. The molecule has 4 nitrogen and oxygen atoms in total. The number of nitrogens with zero attached hydrogens (tertiary/aromatic N) is 1. The molecular formula is C14H15BrFNO3. The zero-order valence-corrected chi connectivity index (χ0v) is 12.6. The van der Waals surface area contributed by atoms with Gasteiger partial charge >= 0.3 is 5.97 Å². The van der Waals surface area contributed by atoms with Crippen LogP contribution >= 0.6 is 15.9 Å². The lowest BCUT2D eigenvalue weighted by atomic mass is 9.91. The summed E-state index contributed by atoms with van der Waals surface area (Å²) >= 11 is 3.06. The van der Waals surface area contributed by atoms with Gasteiger partial charge in [-0.3, -0.25) is 9.59 Å². The summed E-state index contributed by atoms with van der Waals surface area (Å²) < 4.78 is 13.4. The van der Waals surface area contributed by atoms with E-state index in [2.05, 4.69) is 15.9 Å². The minimum atomic E-state index is -0.812. The van der Waals surface area contributed by atoms with Gasteiger partial charge in [0.15, 0.2) is 0 Å². The number of carboxylic acid groups (broad SMARTS) is 1. The average molecular weight is 344 g/mol. The molecule has 0 bridgehead atoms. The highest BCUT2D eigenvalue weighted by atomic mass is 79.9. The van der Waals surface area contributed by atoms with Crippen LogP contribution in [0.3, 0.4) is 0 Å². The van der Waals surface area contributed by atoms with E-state index in [-0.39, 0.29) is 16.4 Å². The fraction of sp³-hybridized carbons (Fsp3) is 0.429. The summed E-state index contributed by atoms with van der Waals surface area (Å²) in [6.07, 6.45) is 0.900. The molecule has 6 heteroatoms. The number of piperidine rings is 1. The number of rotatable bonds is 2. The summed E-state index contributed by atoms with van der Waals surface area (Å²) in [5, 5.41) is 9.01. The van der Waals surface area contributed by atoms with E-state index in [4.69, 9.17) is 5.11 Å². The molecule has 1 heterocycles. The van der Waals surface area contributed by atoms with E-state index in [1.54, 1.807) is 4.90 Å². The van der Waals surface area contributed by atoms with Crippen molar-refractivity contribution in [3.05, 3.63) is 34.1 Å². The monoisotopic (exact) mass is 343 g/mol. The minimum Gasteiger partial charge on any atom is -0.481 e. The number of hydrogen-bond donors (Lipinski definition) is 1. The van der Waals surface area contributed by atoms with Crippen molar-refractivity contribution in [2.75, 3.05) is 6.54 Å². The van der Waals surface area contributed by atoms with Gasteiger partial charge < -0.3 is 10.0 Å². The van der Waals surface area contributed by atoms with E-state index in [9.17, 15) is 14.0 Å². The molecule has 1 aromatic carbocycles. The van der Waals surface area contributed by atoms with Crippen LogP contribution in [0.4, 0.5) is 4.39 Å². The van der Waals surface area contributed by atoms with Gasteiger partial charge in [0, 0.05) is 18.2 Å². The van der Waals surface area contributed by atoms with E-state index in [1.165, 1.54) is 18.2 Å². The van der Waals surface area contributed by atoms with Gasteiger partial charge in [0.25, 0.3) is 5.91 Å². The molecule has 1 aromatic rings. The predicted octanol–water partition coefficient (Wildman–Crippen LogP) is 2.91. The predicted molar refractivity (Wildman–Crippen MR) is 75.0 cm³/mol. The number of amides is 1. The lowest BCUT2D eigenvalue weighted by Crippen LogP contribution is -2.46. The van der Waals surface area contributed by atoms with Crippen LogP contribution in [0.15, 0.2) is 22.7 Å². The third-order valence-electron chi connectivity index (χ3n) is 3.65. The smallest absolute Gasteiger partial charge is 0.306 e. The third kappa shape index (κ3) is 3.00. The first-order valence-electron chi connectivity index (χ1n) is 6.39. The molecule has 2 atom stereocenters. The molecular weight excluding hydrogens is 329 g/mol. The van der Waals surface area contributed by atoms with E-state index in [0.29, 0.717) is 24.9 Å². The maximum Gasteiger partial charge on any atom is 0.306 e. The molecule has 1 aliphatic heterocycles. The zero-order valence-electron chi connectivity index (χ0n) is 11.0. The molecule has 2 unspecified atom stereocenters. The fourth-order valence-corrected chi connectivity index (χ4v) is 2.87. The van der Waals surface area contributed by atoms with Crippen LogP contribution in [0, 0.1) is 11.7 Å². The summed E-state index contributed by atoms with van der Waals surface area (Å²) in [4.78, 5) is 25.0. The Morgan fingerprint density at radius 2 is 2.15 bits per heavy atom. The van der Waals surface area contributed by atoms with E-state index in [0.717, 1.165) is 0 Å². The van der Waals surface area contributed by atoms with Crippen LogP contribution < -0.4 is 0 Å². The van der Waals surface area contributed by atoms with Crippen molar-refractivity contribution in [2.24, 2.45) is 5.92 Å². The number of benzene rings is 1. The second kappa shape index (κ2) is 5.91. The van der Waals surface area contributed by atoms with Crippen molar-refractivity contribution < 1.29 is 19.1 Å². The Kier molecular flexibility index (Phi) is 4.42. The lowest BCUT2D eigenvalue weighted by molar-refractivity contribution is -0.143. The van der Waals surface area contributed by atoms with Crippen LogP contribution in [0.2, 0.25) is 0 Å². The Hall–Kier alpha value is -1.43. The Labute approximate surface area is 124 Å². The highest BCUT2D eigenvalue weighted by Crippen LogP contribution is 2.25. The third-order valence-corrected chi connectivity index (χ3v) is 4.26. The van der Waals surface area contributed by atoms with Crippen LogP contribution in [-0.2, 0) is 4.79 Å². The molecule has 0 spiro atoms. The van der Waals surface area contributed by atoms with Gasteiger partial charge in [0.2, 0.25) is 0 Å². The minimum absolute atomic E-state index is 0.138. The van der Waals surface area contributed by atoms with Gasteiger partial charge in [0.05, 0.1) is 10.4 Å². The first-order valence-corrected chi connectivity index (χ1v) is 7.18. The molecule has 0 aliphatic carbocycles. The lowest BCUT2D eigenvalue weighted by Gasteiger charge is -2.36. The van der Waals surface area contributed by atoms with Gasteiger partial charge in [-0.1, -0.05) is 0 Å². The summed E-state index contributed by atoms with van der Waals surface area (Å²) in [7, 11) is 0. The molecule has 0 aromatic heterocycles. The molecule has 2 rings (SSSR count). The van der Waals surface area contributed by atoms with Crippen molar-refractivity contribution in [1.29, 1.82) is 0 Å². The zero-order chi connectivity index (χ0) is 14.9. The molecule has 1 aliphatic rings. The number of carbonyl (C=O) groups excluding carboxylic acids is 1. The first kappa shape index (κ1) is 15.0. The molecule has 1 amide bonds. The number of likely N-dealkylation sites (tertiary alicyclic amines) is 1. The van der Waals surface area contributed by atoms with E-state index >= 15 is 0 Å². The largest absolute Gasteiger partial charge is 0.481 e. The fourth-order valence-electron chi connectivity index (χ4n) is 2.49. The van der Waals surface area contributed by atoms with Crippen molar-refractivity contribution in [1.82, 2.24) is 4.90 Å². The molecule has 0 radical (unpaired) electrons. The number of carbonyl (C=O) groups is 2. The maximum atomic E-state index is 13.2. The SMILES string of the molecule is CC1CC(C(=O)O)CCN1C(=O)c1ccc(F)c(Br)c1. The topological polar surface area (TPSA) is 57.6 Å². The van der Waals surface area contributed by atoms with Crippen LogP contribution in [-0.4, -0.2) is 34.5 Å². The number of carboxylic acids is 1. The van der Waals surface area contributed by atoms with Gasteiger partial charge in [0.1, 0.15) is 5.82 Å². The van der Waals surface area contributed by atoms with Crippen LogP contribution in [0.25, 0.3) is 0 Å². The number of aliphatic carboxylic acids is 1. The second-order valence-corrected chi connectivity index (χ2v) is 5.89. The van der Waals surface area contributed by atoms with Crippen molar-refractivity contribution in [2.45, 2.75) is 25.8 Å². The van der Waals surface area contributed by atoms with Gasteiger partial charge in [-0.25, -0.2) is 4.39 Å². The van der Waals surface area contributed by atoms with Crippen molar-refractivity contribution >= 4 is 27.8 Å². The van der Waals surface area contributed by atoms with Crippen LogP contribution in [0.5, 0.6) is 0 Å². The highest BCUT2D eigenvalue weighted by molar-refractivity contribution is 9.10. The maximum absolute atomic E-state index is 13.2. The van der Waals surface area contributed by atoms with Crippen molar-refractivity contribution in [3.63, 3.8) is 0 Å².